The highest BCUT2D eigenvalue weighted by molar-refractivity contribution is 5.13. The Bertz CT molecular complexity index is 1300. The monoisotopic (exact) mass is 714 g/mol. The summed E-state index contributed by atoms with van der Waals surface area (Å²) < 4.78 is 74.8. The summed E-state index contributed by atoms with van der Waals surface area (Å²) in [7, 11) is 0. The standard InChI is InChI=1S/C34H50O16/c1-32(2)45-23-18(14-40-29-22(38)21(37)20(36)17(12-35)42-29)43-30(27(25(23)47-32)39-13-16-10-8-7-9-11-16)41-15-19-24-26(48-33(3,4)46-24)28-31(44-19)50-34(5,6)49-28/h7-11,17-31,35-38H,12-15H2,1-6H3/t17-,18-,19-,20+,21+,22-,23+,24+,25+,26+,27-,28-,29-,30-,31-/m1/s1. The highest BCUT2D eigenvalue weighted by atomic mass is 16.9. The lowest BCUT2D eigenvalue weighted by molar-refractivity contribution is -0.332. The molecule has 0 radical (unpaired) electrons. The van der Waals surface area contributed by atoms with Gasteiger partial charge in [-0.1, -0.05) is 30.3 Å². The van der Waals surface area contributed by atoms with Crippen LogP contribution in [0.1, 0.15) is 47.1 Å². The van der Waals surface area contributed by atoms with Crippen molar-refractivity contribution in [2.45, 2.75) is 158 Å². The molecular weight excluding hydrogens is 664 g/mol. The predicted molar refractivity (Wildman–Crippen MR) is 166 cm³/mol. The molecule has 6 saturated heterocycles. The number of hydrogen-bond acceptors (Lipinski definition) is 16. The summed E-state index contributed by atoms with van der Waals surface area (Å²) in [5, 5.41) is 40.7. The summed E-state index contributed by atoms with van der Waals surface area (Å²) in [5.74, 6) is -2.80. The molecule has 0 saturated carbocycles. The van der Waals surface area contributed by atoms with Gasteiger partial charge in [0.1, 0.15) is 73.2 Å². The molecule has 4 N–H and O–H groups in total. The summed E-state index contributed by atoms with van der Waals surface area (Å²) >= 11 is 0. The van der Waals surface area contributed by atoms with Gasteiger partial charge in [0.05, 0.1) is 26.4 Å². The van der Waals surface area contributed by atoms with E-state index in [1.54, 1.807) is 13.8 Å². The second-order valence-corrected chi connectivity index (χ2v) is 14.9. The summed E-state index contributed by atoms with van der Waals surface area (Å²) in [6.45, 7) is 10.3. The zero-order valence-electron chi connectivity index (χ0n) is 29.1. The van der Waals surface area contributed by atoms with Crippen LogP contribution in [0.25, 0.3) is 0 Å². The Morgan fingerprint density at radius 1 is 0.560 bits per heavy atom. The maximum atomic E-state index is 10.6. The van der Waals surface area contributed by atoms with Crippen LogP contribution in [0, 0.1) is 0 Å². The number of ether oxygens (including phenoxy) is 12. The molecule has 6 fully saturated rings. The lowest BCUT2D eigenvalue weighted by atomic mass is 9.98. The molecule has 0 unspecified atom stereocenters. The molecule has 1 aromatic rings. The Labute approximate surface area is 290 Å². The first-order valence-electron chi connectivity index (χ1n) is 17.2. The van der Waals surface area contributed by atoms with E-state index in [2.05, 4.69) is 0 Å². The van der Waals surface area contributed by atoms with Crippen molar-refractivity contribution in [2.24, 2.45) is 0 Å². The Morgan fingerprint density at radius 2 is 1.10 bits per heavy atom. The lowest BCUT2D eigenvalue weighted by Crippen LogP contribution is -2.62. The van der Waals surface area contributed by atoms with Gasteiger partial charge in [-0.2, -0.15) is 0 Å². The van der Waals surface area contributed by atoms with Gasteiger partial charge in [0.25, 0.3) is 0 Å². The quantitative estimate of drug-likeness (QED) is 0.254. The van der Waals surface area contributed by atoms with E-state index < -0.39 is 116 Å². The van der Waals surface area contributed by atoms with Gasteiger partial charge in [0.15, 0.2) is 36.2 Å². The van der Waals surface area contributed by atoms with Crippen LogP contribution in [0.15, 0.2) is 30.3 Å². The van der Waals surface area contributed by atoms with Crippen LogP contribution in [0.4, 0.5) is 0 Å². The van der Waals surface area contributed by atoms with E-state index in [0.29, 0.717) is 0 Å². The Balaban J connectivity index is 1.11. The van der Waals surface area contributed by atoms with Gasteiger partial charge in [-0.15, -0.1) is 0 Å². The number of aliphatic hydroxyl groups excluding tert-OH is 4. The first kappa shape index (κ1) is 36.9. The fraction of sp³-hybridized carbons (Fsp3) is 0.824. The fourth-order valence-corrected chi connectivity index (χ4v) is 7.46. The van der Waals surface area contributed by atoms with Crippen molar-refractivity contribution in [3.63, 3.8) is 0 Å². The van der Waals surface area contributed by atoms with E-state index in [4.69, 9.17) is 56.8 Å². The van der Waals surface area contributed by atoms with Gasteiger partial charge in [-0.3, -0.25) is 0 Å². The molecule has 15 atom stereocenters. The average molecular weight is 715 g/mol. The number of benzene rings is 1. The van der Waals surface area contributed by atoms with Crippen molar-refractivity contribution in [1.29, 1.82) is 0 Å². The number of aliphatic hydroxyl groups is 4. The third kappa shape index (κ3) is 7.50. The molecule has 6 heterocycles. The Kier molecular flexibility index (Phi) is 10.4. The zero-order chi connectivity index (χ0) is 35.6. The Hall–Kier alpha value is -1.42. The molecule has 0 bridgehead atoms. The van der Waals surface area contributed by atoms with Gasteiger partial charge >= 0.3 is 0 Å². The van der Waals surface area contributed by atoms with E-state index in [0.717, 1.165) is 5.56 Å². The normalized spacial score (nSPS) is 45.9. The summed E-state index contributed by atoms with van der Waals surface area (Å²) in [6, 6.07) is 9.65. The van der Waals surface area contributed by atoms with Crippen LogP contribution in [0.2, 0.25) is 0 Å². The molecule has 7 rings (SSSR count). The smallest absolute Gasteiger partial charge is 0.190 e. The van der Waals surface area contributed by atoms with Gasteiger partial charge in [0, 0.05) is 0 Å². The van der Waals surface area contributed by atoms with Crippen molar-refractivity contribution in [3.8, 4) is 0 Å². The second kappa shape index (κ2) is 14.1. The maximum Gasteiger partial charge on any atom is 0.190 e. The van der Waals surface area contributed by atoms with Crippen LogP contribution in [-0.4, -0.2) is 150 Å². The summed E-state index contributed by atoms with van der Waals surface area (Å²) in [5.41, 5.74) is 0.929. The maximum absolute atomic E-state index is 10.6. The largest absolute Gasteiger partial charge is 0.394 e. The molecule has 0 spiro atoms. The van der Waals surface area contributed by atoms with Gasteiger partial charge in [-0.05, 0) is 47.1 Å². The molecule has 0 aliphatic carbocycles. The molecule has 0 aromatic heterocycles. The molecule has 16 heteroatoms. The second-order valence-electron chi connectivity index (χ2n) is 14.9. The van der Waals surface area contributed by atoms with E-state index in [1.807, 2.05) is 58.0 Å². The minimum absolute atomic E-state index is 0.00853. The predicted octanol–water partition coefficient (Wildman–Crippen LogP) is 0.0464. The van der Waals surface area contributed by atoms with E-state index >= 15 is 0 Å². The first-order chi connectivity index (χ1) is 23.6. The average Bonchev–Trinajstić information content (AvgIpc) is 3.69. The Morgan fingerprint density at radius 3 is 1.78 bits per heavy atom. The molecule has 282 valence electrons. The van der Waals surface area contributed by atoms with Crippen LogP contribution in [-0.2, 0) is 63.4 Å². The van der Waals surface area contributed by atoms with Gasteiger partial charge < -0.3 is 77.3 Å². The number of hydrogen-bond donors (Lipinski definition) is 4. The van der Waals surface area contributed by atoms with Gasteiger partial charge in [-0.25, -0.2) is 0 Å². The third-order valence-corrected chi connectivity index (χ3v) is 9.67. The summed E-state index contributed by atoms with van der Waals surface area (Å²) in [4.78, 5) is 0. The molecule has 6 aliphatic rings. The SMILES string of the molecule is CC1(C)O[C@H]2[C@@H](O1)[C@@H](CO[C@@H]1O[C@H](CO)[C@H](O)[C@H](O)[C@H]1O)O[C@@H](OC[C@H]1O[C@@H]3OC(C)(C)O[C@@H]3[C@H]3OC(C)(C)O[C@H]31)[C@@H]2OCc1ccccc1. The minimum Gasteiger partial charge on any atom is -0.394 e. The topological polar surface area (TPSA) is 192 Å². The van der Waals surface area contributed by atoms with Crippen LogP contribution < -0.4 is 0 Å². The van der Waals surface area contributed by atoms with Crippen molar-refractivity contribution < 1.29 is 77.3 Å². The van der Waals surface area contributed by atoms with Crippen LogP contribution >= 0.6 is 0 Å². The summed E-state index contributed by atoms with van der Waals surface area (Å²) in [6.07, 6.45) is -14.2. The lowest BCUT2D eigenvalue weighted by Gasteiger charge is -2.44. The van der Waals surface area contributed by atoms with Crippen LogP contribution in [0.5, 0.6) is 0 Å². The van der Waals surface area contributed by atoms with Crippen molar-refractivity contribution in [3.05, 3.63) is 35.9 Å². The van der Waals surface area contributed by atoms with E-state index in [-0.39, 0.29) is 19.8 Å². The number of rotatable bonds is 10. The number of fused-ring (bicyclic) bond motifs is 4. The van der Waals surface area contributed by atoms with Crippen LogP contribution in [0.3, 0.4) is 0 Å². The molecule has 0 amide bonds. The first-order valence-corrected chi connectivity index (χ1v) is 17.2. The molecule has 6 aliphatic heterocycles. The highest BCUT2D eigenvalue weighted by Gasteiger charge is 2.62. The van der Waals surface area contributed by atoms with Crippen molar-refractivity contribution in [2.75, 3.05) is 19.8 Å². The van der Waals surface area contributed by atoms with Gasteiger partial charge in [0.2, 0.25) is 0 Å². The molecular formula is C34H50O16. The third-order valence-electron chi connectivity index (χ3n) is 9.67. The van der Waals surface area contributed by atoms with E-state index in [1.165, 1.54) is 0 Å². The molecule has 50 heavy (non-hydrogen) atoms. The van der Waals surface area contributed by atoms with Crippen molar-refractivity contribution >= 4 is 0 Å². The minimum atomic E-state index is -1.60. The molecule has 1 aromatic carbocycles. The fourth-order valence-electron chi connectivity index (χ4n) is 7.46. The molecule has 16 nitrogen and oxygen atoms in total. The zero-order valence-corrected chi connectivity index (χ0v) is 29.1. The highest BCUT2D eigenvalue weighted by Crippen LogP contribution is 2.45. The van der Waals surface area contributed by atoms with Crippen molar-refractivity contribution in [1.82, 2.24) is 0 Å². The van der Waals surface area contributed by atoms with E-state index in [9.17, 15) is 20.4 Å².